The molecule has 3 nitrogen and oxygen atoms in total. The van der Waals surface area contributed by atoms with Gasteiger partial charge in [-0.1, -0.05) is 13.8 Å². The van der Waals surface area contributed by atoms with Gasteiger partial charge in [0.2, 0.25) is 0 Å². The number of nitrogens with zero attached hydrogens (tertiary/aromatic N) is 2. The van der Waals surface area contributed by atoms with Gasteiger partial charge in [0.15, 0.2) is 0 Å². The normalized spacial score (nSPS) is 11.5. The molecule has 0 fully saturated rings. The van der Waals surface area contributed by atoms with E-state index in [0.717, 1.165) is 28.1 Å². The molecule has 0 aliphatic heterocycles. The Hall–Kier alpha value is -2.36. The molecule has 0 unspecified atom stereocenters. The van der Waals surface area contributed by atoms with Gasteiger partial charge in [0.25, 0.3) is 0 Å². The third-order valence-electron chi connectivity index (χ3n) is 3.62. The maximum Gasteiger partial charge on any atom is 0.123 e. The van der Waals surface area contributed by atoms with Crippen molar-refractivity contribution in [3.05, 3.63) is 53.6 Å². The number of aromatic nitrogens is 2. The molecule has 0 spiro atoms. The molecule has 2 aromatic carbocycles. The van der Waals surface area contributed by atoms with Crippen molar-refractivity contribution in [3.63, 3.8) is 0 Å². The van der Waals surface area contributed by atoms with E-state index in [4.69, 9.17) is 10.7 Å². The zero-order valence-electron chi connectivity index (χ0n) is 12.4. The van der Waals surface area contributed by atoms with Crippen LogP contribution in [0.1, 0.15) is 31.2 Å². The van der Waals surface area contributed by atoms with Crippen LogP contribution in [0.3, 0.4) is 0 Å². The van der Waals surface area contributed by atoms with Crippen molar-refractivity contribution in [1.82, 2.24) is 9.55 Å². The summed E-state index contributed by atoms with van der Waals surface area (Å²) in [6, 6.07) is 10.5. The van der Waals surface area contributed by atoms with Gasteiger partial charge in [-0.15, -0.1) is 0 Å². The Bertz CT molecular complexity index is 818. The fourth-order valence-corrected chi connectivity index (χ4v) is 2.63. The zero-order chi connectivity index (χ0) is 15.1. The summed E-state index contributed by atoms with van der Waals surface area (Å²) in [5.41, 5.74) is 10.2. The lowest BCUT2D eigenvalue weighted by Crippen LogP contribution is -2.05. The minimum atomic E-state index is -0.226. The van der Waals surface area contributed by atoms with Crippen LogP contribution in [0.25, 0.3) is 16.7 Å². The van der Waals surface area contributed by atoms with Crippen LogP contribution in [-0.2, 0) is 0 Å². The van der Waals surface area contributed by atoms with E-state index in [2.05, 4.69) is 18.4 Å². The van der Waals surface area contributed by atoms with Crippen LogP contribution in [0.15, 0.2) is 36.4 Å². The molecular formula is C17H18FN3. The quantitative estimate of drug-likeness (QED) is 0.717. The van der Waals surface area contributed by atoms with Crippen molar-refractivity contribution in [2.45, 2.75) is 26.7 Å². The lowest BCUT2D eigenvalue weighted by atomic mass is 10.1. The number of aryl methyl sites for hydroxylation is 1. The smallest absolute Gasteiger partial charge is 0.123 e. The van der Waals surface area contributed by atoms with Gasteiger partial charge in [-0.3, -0.25) is 4.57 Å². The van der Waals surface area contributed by atoms with Gasteiger partial charge < -0.3 is 5.73 Å². The van der Waals surface area contributed by atoms with E-state index in [1.54, 1.807) is 12.1 Å². The van der Waals surface area contributed by atoms with E-state index in [1.165, 1.54) is 6.07 Å². The lowest BCUT2D eigenvalue weighted by Gasteiger charge is -2.14. The fourth-order valence-electron chi connectivity index (χ4n) is 2.63. The van der Waals surface area contributed by atoms with E-state index in [9.17, 15) is 4.39 Å². The maximum absolute atomic E-state index is 13.4. The van der Waals surface area contributed by atoms with E-state index in [-0.39, 0.29) is 11.7 Å². The molecular weight excluding hydrogens is 265 g/mol. The van der Waals surface area contributed by atoms with Gasteiger partial charge in [-0.25, -0.2) is 9.37 Å². The number of benzene rings is 2. The van der Waals surface area contributed by atoms with Crippen molar-refractivity contribution in [1.29, 1.82) is 0 Å². The van der Waals surface area contributed by atoms with Crippen LogP contribution in [0, 0.1) is 12.7 Å². The van der Waals surface area contributed by atoms with E-state index in [0.29, 0.717) is 5.69 Å². The number of nitrogens with two attached hydrogens (primary N) is 1. The Morgan fingerprint density at radius 2 is 1.90 bits per heavy atom. The van der Waals surface area contributed by atoms with E-state index in [1.807, 2.05) is 25.1 Å². The highest BCUT2D eigenvalue weighted by Gasteiger charge is 2.16. The van der Waals surface area contributed by atoms with Gasteiger partial charge in [0.1, 0.15) is 11.6 Å². The fraction of sp³-hybridized carbons (Fsp3) is 0.235. The molecule has 0 aliphatic rings. The average molecular weight is 283 g/mol. The Morgan fingerprint density at radius 1 is 1.14 bits per heavy atom. The summed E-state index contributed by atoms with van der Waals surface area (Å²) >= 11 is 0. The number of nitrogen functional groups attached to an aromatic ring is 1. The second-order valence-electron chi connectivity index (χ2n) is 5.64. The molecule has 0 saturated heterocycles. The largest absolute Gasteiger partial charge is 0.399 e. The predicted molar refractivity (Wildman–Crippen MR) is 84.3 cm³/mol. The average Bonchev–Trinajstić information content (AvgIpc) is 2.77. The molecule has 21 heavy (non-hydrogen) atoms. The van der Waals surface area contributed by atoms with E-state index < -0.39 is 0 Å². The molecule has 2 N–H and O–H groups in total. The molecule has 0 amide bonds. The molecule has 108 valence electrons. The lowest BCUT2D eigenvalue weighted by molar-refractivity contribution is 0.625. The number of hydrogen-bond acceptors (Lipinski definition) is 2. The Morgan fingerprint density at radius 3 is 2.57 bits per heavy atom. The third-order valence-corrected chi connectivity index (χ3v) is 3.62. The number of anilines is 1. The number of rotatable bonds is 2. The number of hydrogen-bond donors (Lipinski definition) is 1. The topological polar surface area (TPSA) is 43.8 Å². The van der Waals surface area contributed by atoms with Crippen molar-refractivity contribution >= 4 is 16.7 Å². The monoisotopic (exact) mass is 283 g/mol. The van der Waals surface area contributed by atoms with Crippen LogP contribution >= 0.6 is 0 Å². The molecule has 1 heterocycles. The number of halogens is 1. The van der Waals surface area contributed by atoms with Gasteiger partial charge in [0.05, 0.1) is 16.7 Å². The van der Waals surface area contributed by atoms with Gasteiger partial charge >= 0.3 is 0 Å². The minimum absolute atomic E-state index is 0.226. The Kier molecular flexibility index (Phi) is 3.16. The summed E-state index contributed by atoms with van der Waals surface area (Å²) in [4.78, 5) is 4.70. The van der Waals surface area contributed by atoms with Crippen molar-refractivity contribution in [2.75, 3.05) is 5.73 Å². The Labute approximate surface area is 123 Å². The van der Waals surface area contributed by atoms with Crippen LogP contribution in [0.2, 0.25) is 0 Å². The zero-order valence-corrected chi connectivity index (χ0v) is 12.4. The summed E-state index contributed by atoms with van der Waals surface area (Å²) < 4.78 is 15.5. The molecule has 3 aromatic rings. The molecule has 1 aromatic heterocycles. The highest BCUT2D eigenvalue weighted by atomic mass is 19.1. The maximum atomic E-state index is 13.4. The minimum Gasteiger partial charge on any atom is -0.399 e. The summed E-state index contributed by atoms with van der Waals surface area (Å²) in [5.74, 6) is 0.976. The summed E-state index contributed by atoms with van der Waals surface area (Å²) in [5, 5.41) is 0. The summed E-state index contributed by atoms with van der Waals surface area (Å²) in [7, 11) is 0. The summed E-state index contributed by atoms with van der Waals surface area (Å²) in [6.45, 7) is 6.10. The van der Waals surface area contributed by atoms with Crippen molar-refractivity contribution < 1.29 is 4.39 Å². The third kappa shape index (κ3) is 2.27. The van der Waals surface area contributed by atoms with Crippen LogP contribution in [0.5, 0.6) is 0 Å². The van der Waals surface area contributed by atoms with E-state index >= 15 is 0 Å². The predicted octanol–water partition coefficient (Wildman–Crippen LogP) is 4.18. The number of imidazole rings is 1. The SMILES string of the molecule is Cc1cc(F)ccc1-n1c(C(C)C)nc2cc(N)ccc21. The van der Waals surface area contributed by atoms with Gasteiger partial charge in [-0.05, 0) is 48.9 Å². The van der Waals surface area contributed by atoms with Gasteiger partial charge in [-0.2, -0.15) is 0 Å². The number of fused-ring (bicyclic) bond motifs is 1. The van der Waals surface area contributed by atoms with Crippen molar-refractivity contribution in [3.8, 4) is 5.69 Å². The van der Waals surface area contributed by atoms with Crippen LogP contribution in [-0.4, -0.2) is 9.55 Å². The first-order valence-corrected chi connectivity index (χ1v) is 7.02. The molecule has 0 saturated carbocycles. The van der Waals surface area contributed by atoms with Crippen LogP contribution < -0.4 is 5.73 Å². The van der Waals surface area contributed by atoms with Gasteiger partial charge in [0, 0.05) is 11.6 Å². The molecule has 0 aliphatic carbocycles. The first-order valence-electron chi connectivity index (χ1n) is 7.02. The first-order chi connectivity index (χ1) is 9.97. The molecule has 0 atom stereocenters. The van der Waals surface area contributed by atoms with Crippen molar-refractivity contribution in [2.24, 2.45) is 0 Å². The second kappa shape index (κ2) is 4.88. The highest BCUT2D eigenvalue weighted by molar-refractivity contribution is 5.82. The standard InChI is InChI=1S/C17H18FN3/c1-10(2)17-20-14-9-13(19)5-7-16(14)21(17)15-6-4-12(18)8-11(15)3/h4-10H,19H2,1-3H3. The molecule has 4 heteroatoms. The Balaban J connectivity index is 2.36. The first kappa shape index (κ1) is 13.6. The molecule has 0 radical (unpaired) electrons. The summed E-state index contributed by atoms with van der Waals surface area (Å²) in [6.07, 6.45) is 0. The van der Waals surface area contributed by atoms with Crippen LogP contribution in [0.4, 0.5) is 10.1 Å². The molecule has 3 rings (SSSR count). The molecule has 0 bridgehead atoms. The second-order valence-corrected chi connectivity index (χ2v) is 5.64. The highest BCUT2D eigenvalue weighted by Crippen LogP contribution is 2.29.